The van der Waals surface area contributed by atoms with E-state index in [0.717, 1.165) is 5.92 Å². The van der Waals surface area contributed by atoms with Crippen molar-refractivity contribution in [3.63, 3.8) is 0 Å². The first kappa shape index (κ1) is 14.2. The Hall–Kier alpha value is -0.820. The number of hydrogen-bond acceptors (Lipinski definition) is 1. The van der Waals surface area contributed by atoms with E-state index in [0.29, 0.717) is 12.0 Å². The standard InChI is InChI=1S/C16H27N/c1-6-13(4)11-16(17-5)15-9-7-14(8-10-15)12(2)3/h7-10,12-13,16-17H,6,11H2,1-5H3. The highest BCUT2D eigenvalue weighted by atomic mass is 14.9. The molecule has 1 aromatic rings. The Bertz CT molecular complexity index is 313. The summed E-state index contributed by atoms with van der Waals surface area (Å²) in [6.07, 6.45) is 2.47. The van der Waals surface area contributed by atoms with Crippen LogP contribution in [0.4, 0.5) is 0 Å². The van der Waals surface area contributed by atoms with Gasteiger partial charge in [0.15, 0.2) is 0 Å². The molecule has 2 unspecified atom stereocenters. The van der Waals surface area contributed by atoms with Crippen LogP contribution < -0.4 is 5.32 Å². The smallest absolute Gasteiger partial charge is 0.0320 e. The summed E-state index contributed by atoms with van der Waals surface area (Å²) >= 11 is 0. The van der Waals surface area contributed by atoms with Crippen LogP contribution in [0.1, 0.15) is 63.6 Å². The predicted octanol–water partition coefficient (Wildman–Crippen LogP) is 4.51. The second kappa shape index (κ2) is 6.80. The summed E-state index contributed by atoms with van der Waals surface area (Å²) in [7, 11) is 2.06. The van der Waals surface area contributed by atoms with Gasteiger partial charge in [0.1, 0.15) is 0 Å². The Kier molecular flexibility index (Phi) is 5.70. The van der Waals surface area contributed by atoms with Crippen molar-refractivity contribution < 1.29 is 0 Å². The molecular formula is C16H27N. The highest BCUT2D eigenvalue weighted by Gasteiger charge is 2.12. The Morgan fingerprint density at radius 3 is 1.94 bits per heavy atom. The van der Waals surface area contributed by atoms with E-state index in [1.807, 2.05) is 0 Å². The van der Waals surface area contributed by atoms with Crippen LogP contribution in [0.3, 0.4) is 0 Å². The minimum Gasteiger partial charge on any atom is -0.313 e. The van der Waals surface area contributed by atoms with E-state index in [2.05, 4.69) is 64.3 Å². The van der Waals surface area contributed by atoms with Gasteiger partial charge in [-0.2, -0.15) is 0 Å². The second-order valence-electron chi connectivity index (χ2n) is 5.41. The molecule has 0 aliphatic heterocycles. The number of nitrogens with one attached hydrogen (secondary N) is 1. The molecule has 0 saturated heterocycles. The minimum absolute atomic E-state index is 0.492. The van der Waals surface area contributed by atoms with Gasteiger partial charge >= 0.3 is 0 Å². The van der Waals surface area contributed by atoms with Crippen LogP contribution in [0.5, 0.6) is 0 Å². The van der Waals surface area contributed by atoms with Gasteiger partial charge < -0.3 is 5.32 Å². The molecule has 0 fully saturated rings. The average Bonchev–Trinajstić information content (AvgIpc) is 2.35. The van der Waals surface area contributed by atoms with Crippen LogP contribution in [0.15, 0.2) is 24.3 Å². The van der Waals surface area contributed by atoms with Crippen molar-refractivity contribution in [2.45, 2.75) is 52.5 Å². The molecule has 1 nitrogen and oxygen atoms in total. The molecule has 1 N–H and O–H groups in total. The summed E-state index contributed by atoms with van der Waals surface area (Å²) in [5, 5.41) is 3.43. The fourth-order valence-corrected chi connectivity index (χ4v) is 2.10. The number of benzene rings is 1. The molecule has 0 amide bonds. The SMILES string of the molecule is CCC(C)CC(NC)c1ccc(C(C)C)cc1. The van der Waals surface area contributed by atoms with Crippen LogP contribution in [-0.4, -0.2) is 7.05 Å². The zero-order chi connectivity index (χ0) is 12.8. The molecule has 0 aromatic heterocycles. The number of rotatable bonds is 6. The van der Waals surface area contributed by atoms with E-state index >= 15 is 0 Å². The Balaban J connectivity index is 2.75. The van der Waals surface area contributed by atoms with Crippen molar-refractivity contribution in [1.82, 2.24) is 5.32 Å². The van der Waals surface area contributed by atoms with E-state index in [1.165, 1.54) is 24.0 Å². The first-order chi connectivity index (χ1) is 8.08. The van der Waals surface area contributed by atoms with Crippen molar-refractivity contribution in [3.8, 4) is 0 Å². The maximum Gasteiger partial charge on any atom is 0.0320 e. The molecule has 0 saturated carbocycles. The van der Waals surface area contributed by atoms with Crippen molar-refractivity contribution >= 4 is 0 Å². The summed E-state index contributed by atoms with van der Waals surface area (Å²) < 4.78 is 0. The largest absolute Gasteiger partial charge is 0.313 e. The molecule has 1 aromatic carbocycles. The normalized spacial score (nSPS) is 14.9. The predicted molar refractivity (Wildman–Crippen MR) is 76.4 cm³/mol. The summed E-state index contributed by atoms with van der Waals surface area (Å²) in [6.45, 7) is 9.07. The topological polar surface area (TPSA) is 12.0 Å². The van der Waals surface area contributed by atoms with Gasteiger partial charge in [0.25, 0.3) is 0 Å². The van der Waals surface area contributed by atoms with Crippen LogP contribution >= 0.6 is 0 Å². The third-order valence-corrected chi connectivity index (χ3v) is 3.69. The van der Waals surface area contributed by atoms with Gasteiger partial charge in [-0.05, 0) is 36.4 Å². The molecule has 2 atom stereocenters. The van der Waals surface area contributed by atoms with E-state index in [4.69, 9.17) is 0 Å². The summed E-state index contributed by atoms with van der Waals surface area (Å²) in [5.41, 5.74) is 2.84. The van der Waals surface area contributed by atoms with Crippen molar-refractivity contribution in [2.75, 3.05) is 7.05 Å². The number of hydrogen-bond donors (Lipinski definition) is 1. The lowest BCUT2D eigenvalue weighted by Crippen LogP contribution is -2.18. The van der Waals surface area contributed by atoms with Gasteiger partial charge in [-0.3, -0.25) is 0 Å². The van der Waals surface area contributed by atoms with Crippen LogP contribution in [0.2, 0.25) is 0 Å². The molecule has 0 heterocycles. The van der Waals surface area contributed by atoms with E-state index in [-0.39, 0.29) is 0 Å². The van der Waals surface area contributed by atoms with Gasteiger partial charge in [0, 0.05) is 6.04 Å². The van der Waals surface area contributed by atoms with Gasteiger partial charge in [-0.1, -0.05) is 58.4 Å². The Morgan fingerprint density at radius 1 is 1.00 bits per heavy atom. The maximum absolute atomic E-state index is 3.43. The van der Waals surface area contributed by atoms with Gasteiger partial charge in [0.2, 0.25) is 0 Å². The molecule has 0 bridgehead atoms. The van der Waals surface area contributed by atoms with Gasteiger partial charge in [-0.15, -0.1) is 0 Å². The molecule has 0 aliphatic carbocycles. The van der Waals surface area contributed by atoms with Crippen LogP contribution in [0.25, 0.3) is 0 Å². The lowest BCUT2D eigenvalue weighted by Gasteiger charge is -2.20. The first-order valence-electron chi connectivity index (χ1n) is 6.85. The molecule has 1 heteroatoms. The third kappa shape index (κ3) is 4.16. The molecule has 0 aliphatic rings. The lowest BCUT2D eigenvalue weighted by atomic mass is 9.92. The quantitative estimate of drug-likeness (QED) is 0.762. The van der Waals surface area contributed by atoms with E-state index < -0.39 is 0 Å². The maximum atomic E-state index is 3.43. The molecule has 17 heavy (non-hydrogen) atoms. The highest BCUT2D eigenvalue weighted by molar-refractivity contribution is 5.26. The fraction of sp³-hybridized carbons (Fsp3) is 0.625. The highest BCUT2D eigenvalue weighted by Crippen LogP contribution is 2.24. The molecule has 0 radical (unpaired) electrons. The van der Waals surface area contributed by atoms with Crippen molar-refractivity contribution in [1.29, 1.82) is 0 Å². The Morgan fingerprint density at radius 2 is 1.53 bits per heavy atom. The molecule has 0 spiro atoms. The van der Waals surface area contributed by atoms with E-state index in [9.17, 15) is 0 Å². The lowest BCUT2D eigenvalue weighted by molar-refractivity contribution is 0.422. The summed E-state index contributed by atoms with van der Waals surface area (Å²) in [5.74, 6) is 1.39. The van der Waals surface area contributed by atoms with Crippen LogP contribution in [-0.2, 0) is 0 Å². The van der Waals surface area contributed by atoms with Crippen molar-refractivity contribution in [3.05, 3.63) is 35.4 Å². The van der Waals surface area contributed by atoms with Gasteiger partial charge in [-0.25, -0.2) is 0 Å². The van der Waals surface area contributed by atoms with Crippen molar-refractivity contribution in [2.24, 2.45) is 5.92 Å². The second-order valence-corrected chi connectivity index (χ2v) is 5.41. The average molecular weight is 233 g/mol. The third-order valence-electron chi connectivity index (χ3n) is 3.69. The zero-order valence-corrected chi connectivity index (χ0v) is 12.0. The summed E-state index contributed by atoms with van der Waals surface area (Å²) in [6, 6.07) is 9.57. The molecular weight excluding hydrogens is 206 g/mol. The fourth-order valence-electron chi connectivity index (χ4n) is 2.10. The zero-order valence-electron chi connectivity index (χ0n) is 12.0. The first-order valence-corrected chi connectivity index (χ1v) is 6.85. The van der Waals surface area contributed by atoms with Crippen LogP contribution in [0, 0.1) is 5.92 Å². The van der Waals surface area contributed by atoms with Gasteiger partial charge in [0.05, 0.1) is 0 Å². The summed E-state index contributed by atoms with van der Waals surface area (Å²) in [4.78, 5) is 0. The minimum atomic E-state index is 0.492. The monoisotopic (exact) mass is 233 g/mol. The molecule has 1 rings (SSSR count). The molecule has 96 valence electrons. The van der Waals surface area contributed by atoms with E-state index in [1.54, 1.807) is 0 Å². The Labute approximate surface area is 107 Å².